The highest BCUT2D eigenvalue weighted by Crippen LogP contribution is 2.37. The molecule has 7 rings (SSSR count). The summed E-state index contributed by atoms with van der Waals surface area (Å²) >= 11 is 0. The lowest BCUT2D eigenvalue weighted by Gasteiger charge is -2.34. The summed E-state index contributed by atoms with van der Waals surface area (Å²) in [5, 5.41) is 7.61. The van der Waals surface area contributed by atoms with Gasteiger partial charge in [-0.15, -0.1) is 0 Å². The average molecular weight is 659 g/mol. The molecule has 0 radical (unpaired) electrons. The van der Waals surface area contributed by atoms with Crippen molar-refractivity contribution in [1.29, 1.82) is 0 Å². The number of piperazine rings is 1. The quantitative estimate of drug-likeness (QED) is 0.211. The number of H-pyrrole nitrogens is 2. The van der Waals surface area contributed by atoms with Gasteiger partial charge in [0.05, 0.1) is 41.2 Å². The number of nitrogens with one attached hydrogen (secondary N) is 2. The zero-order valence-corrected chi connectivity index (χ0v) is 26.8. The number of rotatable bonds is 8. The summed E-state index contributed by atoms with van der Waals surface area (Å²) in [6.45, 7) is 6.10. The first-order valence-corrected chi connectivity index (χ1v) is 16.2. The van der Waals surface area contributed by atoms with Gasteiger partial charge in [-0.3, -0.25) is 19.8 Å². The summed E-state index contributed by atoms with van der Waals surface area (Å²) in [5.41, 5.74) is 4.09. The Morgan fingerprint density at radius 1 is 1.06 bits per heavy atom. The second kappa shape index (κ2) is 13.0. The molecule has 1 saturated heterocycles. The van der Waals surface area contributed by atoms with E-state index in [1.54, 1.807) is 41.8 Å². The number of halogens is 3. The van der Waals surface area contributed by atoms with Crippen molar-refractivity contribution < 1.29 is 22.7 Å². The number of hydrogen-bond acceptors (Lipinski definition) is 7. The number of nitrogens with zero attached hydrogens (tertiary/aromatic N) is 6. The molecule has 0 bridgehead atoms. The van der Waals surface area contributed by atoms with Crippen molar-refractivity contribution in [2.45, 2.75) is 44.9 Å². The molecule has 4 aromatic heterocycles. The van der Waals surface area contributed by atoms with Gasteiger partial charge in [-0.2, -0.15) is 18.3 Å². The predicted molar refractivity (Wildman–Crippen MR) is 174 cm³/mol. The van der Waals surface area contributed by atoms with Crippen LogP contribution in [0.3, 0.4) is 0 Å². The summed E-state index contributed by atoms with van der Waals surface area (Å²) in [6, 6.07) is 9.98. The van der Waals surface area contributed by atoms with Gasteiger partial charge >= 0.3 is 6.18 Å². The second-order valence-electron chi connectivity index (χ2n) is 12.7. The highest BCUT2D eigenvalue weighted by Gasteiger charge is 2.35. The summed E-state index contributed by atoms with van der Waals surface area (Å²) in [4.78, 5) is 32.0. The van der Waals surface area contributed by atoms with Crippen LogP contribution < -0.4 is 4.74 Å². The van der Waals surface area contributed by atoms with Crippen LogP contribution in [-0.2, 0) is 30.5 Å². The van der Waals surface area contributed by atoms with E-state index in [0.29, 0.717) is 35.8 Å². The fraction of sp³-hybridized carbons (Fsp3) is 0.371. The van der Waals surface area contributed by atoms with Crippen molar-refractivity contribution in [2.24, 2.45) is 0 Å². The monoisotopic (exact) mass is 658 g/mol. The summed E-state index contributed by atoms with van der Waals surface area (Å²) in [6.07, 6.45) is 2.99. The van der Waals surface area contributed by atoms with Crippen LogP contribution in [0.2, 0.25) is 0 Å². The third-order valence-electron chi connectivity index (χ3n) is 9.36. The summed E-state index contributed by atoms with van der Waals surface area (Å²) < 4.78 is 48.9. The fourth-order valence-corrected chi connectivity index (χ4v) is 6.63. The summed E-state index contributed by atoms with van der Waals surface area (Å²) in [5.74, 6) is 0.890. The Kier molecular flexibility index (Phi) is 8.65. The Morgan fingerprint density at radius 3 is 2.65 bits per heavy atom. The second-order valence-corrected chi connectivity index (χ2v) is 12.7. The van der Waals surface area contributed by atoms with E-state index in [2.05, 4.69) is 25.1 Å². The van der Waals surface area contributed by atoms with E-state index in [4.69, 9.17) is 9.72 Å². The SMILES string of the molecule is CC[C@H]1CN(C(=O)Cc2ccc(CN3CCN(C)CC3)c(C(F)(F)F)c2)Cc2cc(Oc3ccnc4[nH]c(-c5cn[nH]c5)cc34)cnc21. The van der Waals surface area contributed by atoms with E-state index in [9.17, 15) is 18.0 Å². The molecule has 1 fully saturated rings. The zero-order chi connectivity index (χ0) is 33.4. The number of benzene rings is 1. The van der Waals surface area contributed by atoms with Crippen LogP contribution in [0.4, 0.5) is 13.2 Å². The molecule has 5 aromatic rings. The van der Waals surface area contributed by atoms with Crippen molar-refractivity contribution in [1.82, 2.24) is 39.8 Å². The number of ether oxygens (including phenoxy) is 1. The van der Waals surface area contributed by atoms with Crippen LogP contribution in [0.5, 0.6) is 11.5 Å². The Morgan fingerprint density at radius 2 is 1.90 bits per heavy atom. The standard InChI is InChI=1S/C35H37F3N8O2/c1-3-23-20-46(32(47)13-22-4-5-24(29(12-22)35(36,37)38)19-45-10-8-44(2)9-11-45)21-25-14-27(18-40-33(23)25)48-31-6-7-39-34-28(31)15-30(43-34)26-16-41-42-17-26/h4-7,12,14-18,23H,3,8-11,13,19-21H2,1-2H3,(H,39,43)(H,41,42)/t23-/m0/s1. The molecule has 2 N–H and O–H groups in total. The molecular weight excluding hydrogens is 621 g/mol. The number of pyridine rings is 2. The Labute approximate surface area is 275 Å². The molecule has 250 valence electrons. The maximum Gasteiger partial charge on any atom is 0.416 e. The van der Waals surface area contributed by atoms with Crippen molar-refractivity contribution >= 4 is 16.9 Å². The van der Waals surface area contributed by atoms with Gasteiger partial charge in [-0.25, -0.2) is 4.98 Å². The largest absolute Gasteiger partial charge is 0.455 e. The lowest BCUT2D eigenvalue weighted by Crippen LogP contribution is -2.44. The molecular formula is C35H37F3N8O2. The number of alkyl halides is 3. The van der Waals surface area contributed by atoms with Gasteiger partial charge in [0.25, 0.3) is 0 Å². The van der Waals surface area contributed by atoms with Crippen LogP contribution >= 0.6 is 0 Å². The third kappa shape index (κ3) is 6.65. The molecule has 13 heteroatoms. The molecule has 1 aromatic carbocycles. The van der Waals surface area contributed by atoms with Crippen molar-refractivity contribution in [2.75, 3.05) is 39.8 Å². The Hall–Kier alpha value is -4.75. The van der Waals surface area contributed by atoms with Gasteiger partial charge in [0, 0.05) is 69.7 Å². The molecule has 0 spiro atoms. The van der Waals surface area contributed by atoms with Gasteiger partial charge in [0.1, 0.15) is 17.1 Å². The highest BCUT2D eigenvalue weighted by atomic mass is 19.4. The predicted octanol–water partition coefficient (Wildman–Crippen LogP) is 5.99. The van der Waals surface area contributed by atoms with Crippen molar-refractivity contribution in [3.63, 3.8) is 0 Å². The molecule has 6 heterocycles. The molecule has 2 aliphatic rings. The zero-order valence-electron chi connectivity index (χ0n) is 26.8. The lowest BCUT2D eigenvalue weighted by atomic mass is 9.92. The normalized spacial score (nSPS) is 17.5. The molecule has 2 aliphatic heterocycles. The van der Waals surface area contributed by atoms with E-state index < -0.39 is 11.7 Å². The van der Waals surface area contributed by atoms with Gasteiger partial charge in [-0.1, -0.05) is 19.1 Å². The molecule has 10 nitrogen and oxygen atoms in total. The van der Waals surface area contributed by atoms with Crippen LogP contribution in [-0.4, -0.2) is 85.5 Å². The number of aromatic amines is 2. The van der Waals surface area contributed by atoms with Crippen LogP contribution in [0, 0.1) is 0 Å². The Balaban J connectivity index is 1.08. The van der Waals surface area contributed by atoms with Crippen LogP contribution in [0.25, 0.3) is 22.3 Å². The van der Waals surface area contributed by atoms with Gasteiger partial charge < -0.3 is 19.5 Å². The van der Waals surface area contributed by atoms with E-state index in [1.807, 2.05) is 31.0 Å². The first kappa shape index (κ1) is 31.8. The number of amides is 1. The fourth-order valence-electron chi connectivity index (χ4n) is 6.63. The van der Waals surface area contributed by atoms with Gasteiger partial charge in [0.2, 0.25) is 5.91 Å². The lowest BCUT2D eigenvalue weighted by molar-refractivity contribution is -0.138. The smallest absolute Gasteiger partial charge is 0.416 e. The van der Waals surface area contributed by atoms with Gasteiger partial charge in [-0.05, 0) is 54.4 Å². The number of likely N-dealkylation sites (N-methyl/N-ethyl adjacent to an activating group) is 1. The van der Waals surface area contributed by atoms with E-state index >= 15 is 0 Å². The average Bonchev–Trinajstić information content (AvgIpc) is 3.77. The van der Waals surface area contributed by atoms with Gasteiger partial charge in [0.15, 0.2) is 0 Å². The minimum atomic E-state index is -4.51. The summed E-state index contributed by atoms with van der Waals surface area (Å²) in [7, 11) is 2.01. The number of carbonyl (C=O) groups excluding carboxylic acids is 1. The number of aromatic nitrogens is 5. The van der Waals surface area contributed by atoms with Crippen molar-refractivity contribution in [3.05, 3.63) is 89.1 Å². The molecule has 0 saturated carbocycles. The van der Waals surface area contributed by atoms with Crippen LogP contribution in [0.1, 0.15) is 47.2 Å². The number of carbonyl (C=O) groups is 1. The topological polar surface area (TPSA) is 106 Å². The highest BCUT2D eigenvalue weighted by molar-refractivity contribution is 5.88. The molecule has 0 unspecified atom stereocenters. The minimum absolute atomic E-state index is 0.00160. The molecule has 1 amide bonds. The van der Waals surface area contributed by atoms with E-state index in [0.717, 1.165) is 66.6 Å². The number of hydrogen-bond donors (Lipinski definition) is 2. The maximum atomic E-state index is 14.2. The van der Waals surface area contributed by atoms with Crippen molar-refractivity contribution in [3.8, 4) is 22.8 Å². The van der Waals surface area contributed by atoms with Crippen LogP contribution in [0.15, 0.2) is 61.2 Å². The molecule has 0 aliphatic carbocycles. The van der Waals surface area contributed by atoms with E-state index in [-0.39, 0.29) is 30.4 Å². The van der Waals surface area contributed by atoms with E-state index in [1.165, 1.54) is 6.07 Å². The minimum Gasteiger partial charge on any atom is -0.455 e. The first-order chi connectivity index (χ1) is 23.1. The maximum absolute atomic E-state index is 14.2. The molecule has 48 heavy (non-hydrogen) atoms. The number of fused-ring (bicyclic) bond motifs is 2. The molecule has 1 atom stereocenters. The Bertz CT molecular complexity index is 1910. The third-order valence-corrected chi connectivity index (χ3v) is 9.36. The first-order valence-electron chi connectivity index (χ1n) is 16.2.